The summed E-state index contributed by atoms with van der Waals surface area (Å²) in [6.45, 7) is 4.61. The van der Waals surface area contributed by atoms with Crippen LogP contribution in [0, 0.1) is 21.4 Å². The van der Waals surface area contributed by atoms with Crippen LogP contribution in [0.5, 0.6) is 0 Å². The number of anilines is 1. The maximum atomic E-state index is 11.3. The van der Waals surface area contributed by atoms with Crippen molar-refractivity contribution in [3.63, 3.8) is 0 Å². The fourth-order valence-corrected chi connectivity index (χ4v) is 2.77. The summed E-state index contributed by atoms with van der Waals surface area (Å²) in [5, 5.41) is 23.6. The van der Waals surface area contributed by atoms with Crippen molar-refractivity contribution < 1.29 is 4.92 Å². The first-order valence-corrected chi connectivity index (χ1v) is 7.32. The molecule has 2 rings (SSSR count). The Kier molecular flexibility index (Phi) is 5.12. The third kappa shape index (κ3) is 3.70. The van der Waals surface area contributed by atoms with E-state index in [0.29, 0.717) is 17.3 Å². The fraction of sp³-hybridized carbons (Fsp3) is 0.533. The van der Waals surface area contributed by atoms with Gasteiger partial charge in [0.1, 0.15) is 5.69 Å². The van der Waals surface area contributed by atoms with Gasteiger partial charge in [-0.05, 0) is 37.9 Å². The van der Waals surface area contributed by atoms with Crippen LogP contribution >= 0.6 is 0 Å². The van der Waals surface area contributed by atoms with Gasteiger partial charge in [-0.3, -0.25) is 10.1 Å². The zero-order valence-electron chi connectivity index (χ0n) is 12.2. The number of nitro benzene ring substituents is 1. The molecule has 0 aliphatic carbocycles. The van der Waals surface area contributed by atoms with E-state index in [2.05, 4.69) is 17.1 Å². The van der Waals surface area contributed by atoms with E-state index < -0.39 is 4.92 Å². The molecule has 1 aliphatic rings. The lowest BCUT2D eigenvalue weighted by molar-refractivity contribution is -0.384. The number of nitriles is 1. The Morgan fingerprint density at radius 1 is 1.57 bits per heavy atom. The maximum absolute atomic E-state index is 11.3. The molecule has 0 spiro atoms. The first-order chi connectivity index (χ1) is 10.2. The number of nitrogens with one attached hydrogen (secondary N) is 1. The molecule has 6 nitrogen and oxygen atoms in total. The number of benzene rings is 1. The molecule has 1 atom stereocenters. The number of nitrogens with zero attached hydrogens (tertiary/aromatic N) is 3. The normalized spacial score (nSPS) is 17.4. The summed E-state index contributed by atoms with van der Waals surface area (Å²) >= 11 is 0. The van der Waals surface area contributed by atoms with Crippen molar-refractivity contribution in [3.8, 4) is 6.07 Å². The fourth-order valence-electron chi connectivity index (χ4n) is 2.77. The molecule has 1 aliphatic heterocycles. The molecule has 0 bridgehead atoms. The first-order valence-electron chi connectivity index (χ1n) is 7.32. The molecule has 21 heavy (non-hydrogen) atoms. The summed E-state index contributed by atoms with van der Waals surface area (Å²) in [5.74, 6) is 0. The van der Waals surface area contributed by atoms with Crippen LogP contribution in [0.3, 0.4) is 0 Å². The standard InChI is InChI=1S/C15H20N4O2/c1-2-8-18(11-13-4-3-7-17-13)14-6-5-12(10-16)9-15(14)19(20)21/h5-6,9,13,17H,2-4,7-8,11H2,1H3. The maximum Gasteiger partial charge on any atom is 0.293 e. The molecule has 0 aromatic heterocycles. The van der Waals surface area contributed by atoms with E-state index >= 15 is 0 Å². The molecule has 0 saturated carbocycles. The smallest absolute Gasteiger partial charge is 0.293 e. The second kappa shape index (κ2) is 7.04. The average molecular weight is 288 g/mol. The highest BCUT2D eigenvalue weighted by molar-refractivity contribution is 5.65. The van der Waals surface area contributed by atoms with Crippen molar-refractivity contribution in [1.29, 1.82) is 5.26 Å². The Bertz CT molecular complexity index is 547. The van der Waals surface area contributed by atoms with Gasteiger partial charge in [0.2, 0.25) is 0 Å². The van der Waals surface area contributed by atoms with Crippen LogP contribution in [0.2, 0.25) is 0 Å². The lowest BCUT2D eigenvalue weighted by Crippen LogP contribution is -2.38. The quantitative estimate of drug-likeness (QED) is 0.642. The molecule has 0 radical (unpaired) electrons. The Balaban J connectivity index is 2.29. The van der Waals surface area contributed by atoms with Crippen molar-refractivity contribution in [1.82, 2.24) is 5.32 Å². The van der Waals surface area contributed by atoms with E-state index in [1.165, 1.54) is 6.07 Å². The summed E-state index contributed by atoms with van der Waals surface area (Å²) in [6.07, 6.45) is 3.17. The largest absolute Gasteiger partial charge is 0.364 e. The predicted molar refractivity (Wildman–Crippen MR) is 81.3 cm³/mol. The topological polar surface area (TPSA) is 82.2 Å². The lowest BCUT2D eigenvalue weighted by Gasteiger charge is -2.27. The highest BCUT2D eigenvalue weighted by Gasteiger charge is 2.23. The van der Waals surface area contributed by atoms with Gasteiger partial charge in [0, 0.05) is 25.2 Å². The summed E-state index contributed by atoms with van der Waals surface area (Å²) in [5.41, 5.74) is 0.941. The Labute approximate surface area is 124 Å². The van der Waals surface area contributed by atoms with Crippen LogP contribution in [0.1, 0.15) is 31.7 Å². The molecule has 1 aromatic rings. The van der Waals surface area contributed by atoms with Crippen LogP contribution in [-0.2, 0) is 0 Å². The lowest BCUT2D eigenvalue weighted by atomic mass is 10.1. The molecule has 1 saturated heterocycles. The van der Waals surface area contributed by atoms with Gasteiger partial charge in [0.05, 0.1) is 16.6 Å². The molecule has 6 heteroatoms. The van der Waals surface area contributed by atoms with Crippen molar-refractivity contribution in [2.24, 2.45) is 0 Å². The van der Waals surface area contributed by atoms with Crippen molar-refractivity contribution in [2.45, 2.75) is 32.2 Å². The van der Waals surface area contributed by atoms with Crippen molar-refractivity contribution in [2.75, 3.05) is 24.5 Å². The molecule has 0 amide bonds. The van der Waals surface area contributed by atoms with Gasteiger partial charge in [-0.1, -0.05) is 6.92 Å². The van der Waals surface area contributed by atoms with Crippen molar-refractivity contribution in [3.05, 3.63) is 33.9 Å². The van der Waals surface area contributed by atoms with Gasteiger partial charge >= 0.3 is 0 Å². The Hall–Kier alpha value is -2.13. The first kappa shape index (κ1) is 15.3. The molecular weight excluding hydrogens is 268 g/mol. The summed E-state index contributed by atoms with van der Waals surface area (Å²) in [6, 6.07) is 7.04. The molecule has 1 aromatic carbocycles. The SMILES string of the molecule is CCCN(CC1CCCN1)c1ccc(C#N)cc1[N+](=O)[O-]. The summed E-state index contributed by atoms with van der Waals surface area (Å²) < 4.78 is 0. The third-order valence-electron chi connectivity index (χ3n) is 3.74. The number of nitro groups is 1. The van der Waals surface area contributed by atoms with E-state index in [4.69, 9.17) is 5.26 Å². The van der Waals surface area contributed by atoms with Crippen LogP contribution in [0.25, 0.3) is 0 Å². The van der Waals surface area contributed by atoms with Crippen LogP contribution in [0.4, 0.5) is 11.4 Å². The van der Waals surface area contributed by atoms with Gasteiger partial charge < -0.3 is 10.2 Å². The minimum absolute atomic E-state index is 0.0143. The van der Waals surface area contributed by atoms with Crippen molar-refractivity contribution >= 4 is 11.4 Å². The monoisotopic (exact) mass is 288 g/mol. The van der Waals surface area contributed by atoms with E-state index in [0.717, 1.165) is 38.9 Å². The molecule has 1 N–H and O–H groups in total. The van der Waals surface area contributed by atoms with Gasteiger partial charge in [-0.2, -0.15) is 5.26 Å². The summed E-state index contributed by atoms with van der Waals surface area (Å²) in [4.78, 5) is 12.9. The van der Waals surface area contributed by atoms with Crippen LogP contribution in [-0.4, -0.2) is 30.6 Å². The second-order valence-corrected chi connectivity index (χ2v) is 5.31. The number of hydrogen-bond acceptors (Lipinski definition) is 5. The number of rotatable bonds is 6. The van der Waals surface area contributed by atoms with Gasteiger partial charge in [0.25, 0.3) is 5.69 Å². The molecular formula is C15H20N4O2. The van der Waals surface area contributed by atoms with E-state index in [-0.39, 0.29) is 5.69 Å². The predicted octanol–water partition coefficient (Wildman–Crippen LogP) is 2.43. The minimum atomic E-state index is -0.402. The highest BCUT2D eigenvalue weighted by Crippen LogP contribution is 2.30. The minimum Gasteiger partial charge on any atom is -0.364 e. The van der Waals surface area contributed by atoms with E-state index in [1.807, 2.05) is 6.07 Å². The highest BCUT2D eigenvalue weighted by atomic mass is 16.6. The zero-order chi connectivity index (χ0) is 15.2. The Morgan fingerprint density at radius 3 is 2.95 bits per heavy atom. The van der Waals surface area contributed by atoms with E-state index in [9.17, 15) is 10.1 Å². The molecule has 112 valence electrons. The van der Waals surface area contributed by atoms with Gasteiger partial charge in [0.15, 0.2) is 0 Å². The third-order valence-corrected chi connectivity index (χ3v) is 3.74. The molecule has 1 heterocycles. The molecule has 1 unspecified atom stereocenters. The number of hydrogen-bond donors (Lipinski definition) is 1. The van der Waals surface area contributed by atoms with E-state index in [1.54, 1.807) is 12.1 Å². The summed E-state index contributed by atoms with van der Waals surface area (Å²) in [7, 11) is 0. The van der Waals surface area contributed by atoms with Crippen LogP contribution < -0.4 is 10.2 Å². The van der Waals surface area contributed by atoms with Gasteiger partial charge in [-0.25, -0.2) is 0 Å². The van der Waals surface area contributed by atoms with Gasteiger partial charge in [-0.15, -0.1) is 0 Å². The average Bonchev–Trinajstić information content (AvgIpc) is 2.99. The Morgan fingerprint density at radius 2 is 2.38 bits per heavy atom. The zero-order valence-corrected chi connectivity index (χ0v) is 12.2. The second-order valence-electron chi connectivity index (χ2n) is 5.31. The molecule has 1 fully saturated rings. The van der Waals surface area contributed by atoms with Crippen LogP contribution in [0.15, 0.2) is 18.2 Å².